The second-order valence-electron chi connectivity index (χ2n) is 4.98. The minimum absolute atomic E-state index is 0.121. The maximum absolute atomic E-state index is 13.0. The molecule has 0 unspecified atom stereocenters. The average molecular weight is 366 g/mol. The number of hydrazine groups is 1. The SMILES string of the molecule is CC(=O)c1ccc(S(=O)(=O)NNC(=O)COc2cccc(F)c2)cc1. The summed E-state index contributed by atoms with van der Waals surface area (Å²) in [5.74, 6) is -1.35. The molecular weight excluding hydrogens is 351 g/mol. The molecule has 2 N–H and O–H groups in total. The number of hydrogen-bond donors (Lipinski definition) is 2. The quantitative estimate of drug-likeness (QED) is 0.570. The number of nitrogens with one attached hydrogen (secondary N) is 2. The predicted octanol–water partition coefficient (Wildman–Crippen LogP) is 1.42. The Bertz CT molecular complexity index is 882. The lowest BCUT2D eigenvalue weighted by Crippen LogP contribution is -2.43. The molecule has 0 heterocycles. The normalized spacial score (nSPS) is 11.0. The first kappa shape index (κ1) is 18.6. The fraction of sp³-hybridized carbons (Fsp3) is 0.125. The van der Waals surface area contributed by atoms with Crippen molar-refractivity contribution in [1.29, 1.82) is 0 Å². The number of ether oxygens (including phenoxy) is 1. The topological polar surface area (TPSA) is 102 Å². The molecule has 2 aromatic rings. The van der Waals surface area contributed by atoms with Crippen LogP contribution in [0.25, 0.3) is 0 Å². The highest BCUT2D eigenvalue weighted by Gasteiger charge is 2.15. The Morgan fingerprint density at radius 2 is 1.80 bits per heavy atom. The van der Waals surface area contributed by atoms with Gasteiger partial charge in [-0.15, -0.1) is 4.83 Å². The Hall–Kier alpha value is -2.78. The summed E-state index contributed by atoms with van der Waals surface area (Å²) in [5, 5.41) is 0. The van der Waals surface area contributed by atoms with Gasteiger partial charge in [-0.3, -0.25) is 15.0 Å². The van der Waals surface area contributed by atoms with Gasteiger partial charge in [-0.1, -0.05) is 18.2 Å². The Labute approximate surface area is 143 Å². The molecule has 0 aliphatic carbocycles. The number of Topliss-reactive ketones (excluding diaryl/α,β-unsaturated/α-hetero) is 1. The lowest BCUT2D eigenvalue weighted by atomic mass is 10.2. The van der Waals surface area contributed by atoms with Gasteiger partial charge in [0.2, 0.25) is 0 Å². The first-order valence-corrected chi connectivity index (χ1v) is 8.56. The van der Waals surface area contributed by atoms with Gasteiger partial charge in [0.05, 0.1) is 4.90 Å². The van der Waals surface area contributed by atoms with Crippen LogP contribution in [0.2, 0.25) is 0 Å². The first-order valence-electron chi connectivity index (χ1n) is 7.08. The molecule has 0 radical (unpaired) electrons. The summed E-state index contributed by atoms with van der Waals surface area (Å²) in [7, 11) is -4.00. The first-order chi connectivity index (χ1) is 11.8. The Balaban J connectivity index is 1.90. The Morgan fingerprint density at radius 3 is 2.40 bits per heavy atom. The van der Waals surface area contributed by atoms with Crippen LogP contribution in [0, 0.1) is 5.82 Å². The molecule has 0 aliphatic heterocycles. The lowest BCUT2D eigenvalue weighted by molar-refractivity contribution is -0.123. The molecule has 0 atom stereocenters. The molecule has 9 heteroatoms. The number of amides is 1. The lowest BCUT2D eigenvalue weighted by Gasteiger charge is -2.10. The zero-order valence-corrected chi connectivity index (χ0v) is 14.0. The summed E-state index contributed by atoms with van der Waals surface area (Å²) in [4.78, 5) is 24.6. The molecule has 25 heavy (non-hydrogen) atoms. The van der Waals surface area contributed by atoms with Crippen molar-refractivity contribution < 1.29 is 27.1 Å². The standard InChI is InChI=1S/C16H15FN2O5S/c1-11(20)12-5-7-15(8-6-12)25(22,23)19-18-16(21)10-24-14-4-2-3-13(17)9-14/h2-9,19H,10H2,1H3,(H,18,21). The van der Waals surface area contributed by atoms with Crippen molar-refractivity contribution in [3.8, 4) is 5.75 Å². The van der Waals surface area contributed by atoms with Gasteiger partial charge in [0.25, 0.3) is 15.9 Å². The average Bonchev–Trinajstić information content (AvgIpc) is 2.58. The second kappa shape index (κ2) is 7.86. The highest BCUT2D eigenvalue weighted by Crippen LogP contribution is 2.12. The third kappa shape index (κ3) is 5.37. The van der Waals surface area contributed by atoms with E-state index < -0.39 is 28.4 Å². The van der Waals surface area contributed by atoms with E-state index in [1.165, 1.54) is 49.4 Å². The van der Waals surface area contributed by atoms with Crippen LogP contribution in [0.4, 0.5) is 4.39 Å². The summed E-state index contributed by atoms with van der Waals surface area (Å²) in [6.07, 6.45) is 0. The fourth-order valence-corrected chi connectivity index (χ4v) is 2.65. The van der Waals surface area contributed by atoms with E-state index in [1.807, 2.05) is 10.3 Å². The third-order valence-electron chi connectivity index (χ3n) is 3.06. The fourth-order valence-electron chi connectivity index (χ4n) is 1.79. The molecule has 0 aromatic heterocycles. The van der Waals surface area contributed by atoms with Crippen LogP contribution in [0.1, 0.15) is 17.3 Å². The minimum Gasteiger partial charge on any atom is -0.484 e. The van der Waals surface area contributed by atoms with Crippen LogP contribution in [0.3, 0.4) is 0 Å². The van der Waals surface area contributed by atoms with E-state index >= 15 is 0 Å². The maximum atomic E-state index is 13.0. The molecule has 0 saturated carbocycles. The molecule has 0 fully saturated rings. The van der Waals surface area contributed by atoms with E-state index in [0.29, 0.717) is 5.56 Å². The molecular formula is C16H15FN2O5S. The summed E-state index contributed by atoms with van der Waals surface area (Å²) in [6, 6.07) is 10.4. The van der Waals surface area contributed by atoms with Crippen LogP contribution in [-0.4, -0.2) is 26.7 Å². The maximum Gasteiger partial charge on any atom is 0.272 e. The summed E-state index contributed by atoms with van der Waals surface area (Å²) >= 11 is 0. The largest absolute Gasteiger partial charge is 0.484 e. The molecule has 0 aliphatic rings. The van der Waals surface area contributed by atoms with Crippen molar-refractivity contribution in [3.63, 3.8) is 0 Å². The van der Waals surface area contributed by atoms with Crippen molar-refractivity contribution in [1.82, 2.24) is 10.3 Å². The molecule has 2 aromatic carbocycles. The van der Waals surface area contributed by atoms with Gasteiger partial charge in [-0.05, 0) is 31.2 Å². The van der Waals surface area contributed by atoms with Crippen molar-refractivity contribution in [2.24, 2.45) is 0 Å². The van der Waals surface area contributed by atoms with E-state index in [9.17, 15) is 22.4 Å². The van der Waals surface area contributed by atoms with Crippen molar-refractivity contribution >= 4 is 21.7 Å². The van der Waals surface area contributed by atoms with Gasteiger partial charge < -0.3 is 4.74 Å². The number of sulfonamides is 1. The monoisotopic (exact) mass is 366 g/mol. The molecule has 1 amide bonds. The van der Waals surface area contributed by atoms with E-state index in [0.717, 1.165) is 6.07 Å². The number of rotatable bonds is 7. The van der Waals surface area contributed by atoms with Gasteiger partial charge in [-0.2, -0.15) is 0 Å². The van der Waals surface area contributed by atoms with Crippen LogP contribution in [-0.2, 0) is 14.8 Å². The van der Waals surface area contributed by atoms with Crippen LogP contribution in [0.15, 0.2) is 53.4 Å². The van der Waals surface area contributed by atoms with E-state index in [-0.39, 0.29) is 16.4 Å². The second-order valence-corrected chi connectivity index (χ2v) is 6.66. The number of hydrogen-bond acceptors (Lipinski definition) is 5. The van der Waals surface area contributed by atoms with Crippen molar-refractivity contribution in [2.75, 3.05) is 6.61 Å². The molecule has 2 rings (SSSR count). The molecule has 0 saturated heterocycles. The van der Waals surface area contributed by atoms with Crippen molar-refractivity contribution in [2.45, 2.75) is 11.8 Å². The smallest absolute Gasteiger partial charge is 0.272 e. The van der Waals surface area contributed by atoms with Gasteiger partial charge in [0, 0.05) is 11.6 Å². The van der Waals surface area contributed by atoms with Gasteiger partial charge in [-0.25, -0.2) is 12.8 Å². The molecule has 7 nitrogen and oxygen atoms in total. The Morgan fingerprint density at radius 1 is 1.12 bits per heavy atom. The van der Waals surface area contributed by atoms with E-state index in [4.69, 9.17) is 4.74 Å². The zero-order valence-electron chi connectivity index (χ0n) is 13.2. The van der Waals surface area contributed by atoms with Crippen LogP contribution < -0.4 is 15.0 Å². The number of carbonyl (C=O) groups is 2. The number of halogens is 1. The number of ketones is 1. The van der Waals surface area contributed by atoms with E-state index in [2.05, 4.69) is 0 Å². The summed E-state index contributed by atoms with van der Waals surface area (Å²) < 4.78 is 42.1. The third-order valence-corrected chi connectivity index (χ3v) is 4.33. The van der Waals surface area contributed by atoms with Crippen molar-refractivity contribution in [3.05, 3.63) is 59.9 Å². The Kier molecular flexibility index (Phi) is 5.84. The highest BCUT2D eigenvalue weighted by molar-refractivity contribution is 7.89. The molecule has 0 spiro atoms. The van der Waals surface area contributed by atoms with Gasteiger partial charge in [0.15, 0.2) is 12.4 Å². The summed E-state index contributed by atoms with van der Waals surface area (Å²) in [5.41, 5.74) is 2.35. The zero-order chi connectivity index (χ0) is 18.4. The minimum atomic E-state index is -4.00. The number of carbonyl (C=O) groups excluding carboxylic acids is 2. The van der Waals surface area contributed by atoms with Gasteiger partial charge in [0.1, 0.15) is 11.6 Å². The van der Waals surface area contributed by atoms with Crippen LogP contribution >= 0.6 is 0 Å². The molecule has 0 bridgehead atoms. The summed E-state index contributed by atoms with van der Waals surface area (Å²) in [6.45, 7) is 0.857. The highest BCUT2D eigenvalue weighted by atomic mass is 32.2. The number of benzene rings is 2. The molecule has 132 valence electrons. The van der Waals surface area contributed by atoms with Crippen LogP contribution in [0.5, 0.6) is 5.75 Å². The van der Waals surface area contributed by atoms with E-state index in [1.54, 1.807) is 0 Å². The predicted molar refractivity (Wildman–Crippen MR) is 86.8 cm³/mol. The van der Waals surface area contributed by atoms with Gasteiger partial charge >= 0.3 is 0 Å².